The molecule has 32 heavy (non-hydrogen) atoms. The summed E-state index contributed by atoms with van der Waals surface area (Å²) in [6, 6.07) is 9.46. The zero-order valence-corrected chi connectivity index (χ0v) is 20.1. The molecule has 3 aromatic rings. The Hall–Kier alpha value is -2.83. The van der Waals surface area contributed by atoms with Crippen LogP contribution in [0.25, 0.3) is 0 Å². The van der Waals surface area contributed by atoms with E-state index in [0.29, 0.717) is 21.5 Å². The molecule has 0 saturated carbocycles. The first kappa shape index (κ1) is 23.8. The number of carbonyl (C=O) groups excluding carboxylic acids is 2. The number of methoxy groups -OCH3 is 1. The van der Waals surface area contributed by atoms with Gasteiger partial charge < -0.3 is 10.1 Å². The summed E-state index contributed by atoms with van der Waals surface area (Å²) in [5.41, 5.74) is 3.61. The van der Waals surface area contributed by atoms with Gasteiger partial charge in [-0.1, -0.05) is 39.0 Å². The average molecular weight is 538 g/mol. The number of thioether (sulfide) groups is 1. The summed E-state index contributed by atoms with van der Waals surface area (Å²) in [5.74, 6) is -1.43. The molecule has 0 fully saturated rings. The first-order valence-electron chi connectivity index (χ1n) is 9.05. The number of carbonyl (C=O) groups is 2. The number of ether oxygens (including phenoxy) is 1. The van der Waals surface area contributed by atoms with Gasteiger partial charge in [-0.2, -0.15) is 5.10 Å². The molecule has 0 spiro atoms. The van der Waals surface area contributed by atoms with Gasteiger partial charge in [0.15, 0.2) is 4.34 Å². The number of hydrogen-bond donors (Lipinski definition) is 2. The van der Waals surface area contributed by atoms with Gasteiger partial charge in [0, 0.05) is 15.8 Å². The third-order valence-corrected chi connectivity index (χ3v) is 6.44. The minimum Gasteiger partial charge on any atom is -0.496 e. The van der Waals surface area contributed by atoms with Crippen molar-refractivity contribution in [1.29, 1.82) is 0 Å². The Kier molecular flexibility index (Phi) is 8.31. The van der Waals surface area contributed by atoms with Crippen LogP contribution in [0.1, 0.15) is 16.1 Å². The number of amides is 2. The van der Waals surface area contributed by atoms with Crippen molar-refractivity contribution >= 4 is 62.7 Å². The summed E-state index contributed by atoms with van der Waals surface area (Å²) in [6.07, 6.45) is 1.40. The Morgan fingerprint density at radius 2 is 2.06 bits per heavy atom. The normalized spacial score (nSPS) is 10.9. The number of rotatable bonds is 7. The molecule has 1 aromatic heterocycles. The molecule has 0 unspecified atom stereocenters. The highest BCUT2D eigenvalue weighted by atomic mass is 79.9. The number of aryl methyl sites for hydroxylation is 1. The van der Waals surface area contributed by atoms with E-state index in [0.717, 1.165) is 14.9 Å². The fourth-order valence-corrected chi connectivity index (χ4v) is 4.58. The van der Waals surface area contributed by atoms with Crippen molar-refractivity contribution in [3.63, 3.8) is 0 Å². The molecule has 0 aliphatic heterocycles. The molecule has 8 nitrogen and oxygen atoms in total. The summed E-state index contributed by atoms with van der Waals surface area (Å²) < 4.78 is 20.6. The lowest BCUT2D eigenvalue weighted by molar-refractivity contribution is -0.136. The van der Waals surface area contributed by atoms with E-state index < -0.39 is 17.6 Å². The summed E-state index contributed by atoms with van der Waals surface area (Å²) in [5, 5.41) is 15.0. The number of aromatic nitrogens is 2. The zero-order chi connectivity index (χ0) is 23.1. The van der Waals surface area contributed by atoms with Gasteiger partial charge >= 0.3 is 11.8 Å². The summed E-state index contributed by atoms with van der Waals surface area (Å²) >= 11 is 6.16. The molecular weight excluding hydrogens is 521 g/mol. The van der Waals surface area contributed by atoms with Gasteiger partial charge in [-0.05, 0) is 48.9 Å². The lowest BCUT2D eigenvalue weighted by atomic mass is 10.1. The van der Waals surface area contributed by atoms with Crippen molar-refractivity contribution in [2.75, 3.05) is 12.4 Å². The molecule has 1 heterocycles. The van der Waals surface area contributed by atoms with E-state index in [1.54, 1.807) is 25.3 Å². The van der Waals surface area contributed by atoms with Crippen LogP contribution in [0.2, 0.25) is 0 Å². The predicted molar refractivity (Wildman–Crippen MR) is 126 cm³/mol. The van der Waals surface area contributed by atoms with Gasteiger partial charge in [0.2, 0.25) is 0 Å². The van der Waals surface area contributed by atoms with Crippen molar-refractivity contribution in [1.82, 2.24) is 15.6 Å². The maximum atomic E-state index is 13.8. The molecule has 2 aromatic carbocycles. The highest BCUT2D eigenvalue weighted by Gasteiger charge is 2.15. The van der Waals surface area contributed by atoms with E-state index in [2.05, 4.69) is 42.0 Å². The number of hydrogen-bond acceptors (Lipinski definition) is 8. The Morgan fingerprint density at radius 3 is 2.75 bits per heavy atom. The van der Waals surface area contributed by atoms with E-state index in [1.807, 2.05) is 13.0 Å². The molecule has 3 rings (SSSR count). The third kappa shape index (κ3) is 6.58. The highest BCUT2D eigenvalue weighted by Crippen LogP contribution is 2.30. The molecule has 12 heteroatoms. The highest BCUT2D eigenvalue weighted by molar-refractivity contribution is 9.10. The van der Waals surface area contributed by atoms with Gasteiger partial charge in [-0.15, -0.1) is 10.2 Å². The third-order valence-electron chi connectivity index (χ3n) is 3.93. The molecular formula is C20H17BrFN5O3S2. The Labute approximate surface area is 199 Å². The van der Waals surface area contributed by atoms with Crippen LogP contribution in [0.3, 0.4) is 0 Å². The molecule has 166 valence electrons. The molecule has 2 N–H and O–H groups in total. The molecule has 0 radical (unpaired) electrons. The average Bonchev–Trinajstić information content (AvgIpc) is 3.19. The first-order valence-corrected chi connectivity index (χ1v) is 11.6. The molecule has 2 amide bonds. The smallest absolute Gasteiger partial charge is 0.329 e. The predicted octanol–water partition coefficient (Wildman–Crippen LogP) is 4.14. The van der Waals surface area contributed by atoms with Crippen LogP contribution >= 0.6 is 39.0 Å². The van der Waals surface area contributed by atoms with Crippen molar-refractivity contribution in [3.05, 3.63) is 62.8 Å². The first-order chi connectivity index (χ1) is 15.4. The van der Waals surface area contributed by atoms with Crippen molar-refractivity contribution in [2.24, 2.45) is 5.10 Å². The van der Waals surface area contributed by atoms with Gasteiger partial charge in [0.1, 0.15) is 16.6 Å². The minimum atomic E-state index is -1.04. The molecule has 0 saturated heterocycles. The standard InChI is InChI=1S/C20H17BrFN5O3S2/c1-11-25-27-20(32-11)31-10-13-7-12(3-6-17(13)30-2)9-23-26-19(29)18(28)24-16-5-4-14(21)8-15(16)22/h3-9H,10H2,1-2H3,(H,24,28)(H,26,29)/b23-9+. The molecule has 0 atom stereocenters. The zero-order valence-electron chi connectivity index (χ0n) is 16.9. The van der Waals surface area contributed by atoms with E-state index in [4.69, 9.17) is 4.74 Å². The minimum absolute atomic E-state index is 0.111. The van der Waals surface area contributed by atoms with Gasteiger partial charge in [0.05, 0.1) is 19.0 Å². The van der Waals surface area contributed by atoms with Crippen LogP contribution in [0.15, 0.2) is 50.3 Å². The summed E-state index contributed by atoms with van der Waals surface area (Å²) in [4.78, 5) is 23.9. The van der Waals surface area contributed by atoms with E-state index in [1.165, 1.54) is 41.4 Å². The number of halogens is 2. The fourth-order valence-electron chi connectivity index (χ4n) is 2.45. The van der Waals surface area contributed by atoms with Gasteiger partial charge in [-0.25, -0.2) is 9.82 Å². The van der Waals surface area contributed by atoms with Crippen LogP contribution < -0.4 is 15.5 Å². The second-order valence-electron chi connectivity index (χ2n) is 6.22. The number of benzene rings is 2. The second kappa shape index (κ2) is 11.2. The van der Waals surface area contributed by atoms with Crippen LogP contribution in [0.5, 0.6) is 5.75 Å². The maximum Gasteiger partial charge on any atom is 0.329 e. The molecule has 0 aliphatic carbocycles. The fraction of sp³-hybridized carbons (Fsp3) is 0.150. The molecule has 0 aliphatic rings. The van der Waals surface area contributed by atoms with Crippen molar-refractivity contribution in [3.8, 4) is 5.75 Å². The largest absolute Gasteiger partial charge is 0.496 e. The van der Waals surface area contributed by atoms with E-state index in [9.17, 15) is 14.0 Å². The Bertz CT molecular complexity index is 1170. The van der Waals surface area contributed by atoms with Crippen LogP contribution in [-0.2, 0) is 15.3 Å². The van der Waals surface area contributed by atoms with E-state index in [-0.39, 0.29) is 5.69 Å². The lowest BCUT2D eigenvalue weighted by Crippen LogP contribution is -2.32. The van der Waals surface area contributed by atoms with Crippen molar-refractivity contribution < 1.29 is 18.7 Å². The molecule has 0 bridgehead atoms. The Balaban J connectivity index is 1.60. The number of nitrogens with zero attached hydrogens (tertiary/aromatic N) is 3. The van der Waals surface area contributed by atoms with E-state index >= 15 is 0 Å². The van der Waals surface area contributed by atoms with Crippen molar-refractivity contribution in [2.45, 2.75) is 17.0 Å². The van der Waals surface area contributed by atoms with Gasteiger partial charge in [0.25, 0.3) is 0 Å². The van der Waals surface area contributed by atoms with Crippen LogP contribution in [0, 0.1) is 12.7 Å². The summed E-state index contributed by atoms with van der Waals surface area (Å²) in [7, 11) is 1.58. The second-order valence-corrected chi connectivity index (χ2v) is 9.54. The maximum absolute atomic E-state index is 13.8. The monoisotopic (exact) mass is 537 g/mol. The van der Waals surface area contributed by atoms with Gasteiger partial charge in [-0.3, -0.25) is 9.59 Å². The number of nitrogens with one attached hydrogen (secondary N) is 2. The summed E-state index contributed by atoms with van der Waals surface area (Å²) in [6.45, 7) is 1.89. The van der Waals surface area contributed by atoms with Crippen LogP contribution in [0.4, 0.5) is 10.1 Å². The lowest BCUT2D eigenvalue weighted by Gasteiger charge is -2.08. The Morgan fingerprint density at radius 1 is 1.25 bits per heavy atom. The van der Waals surface area contributed by atoms with Crippen LogP contribution in [-0.4, -0.2) is 35.3 Å². The number of anilines is 1. The quantitative estimate of drug-likeness (QED) is 0.203. The topological polar surface area (TPSA) is 106 Å². The number of hydrazone groups is 1. The SMILES string of the molecule is COc1ccc(/C=N/NC(=O)C(=O)Nc2ccc(Br)cc2F)cc1CSc1nnc(C)s1.